The van der Waals surface area contributed by atoms with E-state index in [-0.39, 0.29) is 18.4 Å². The number of carbonyl (C=O) groups is 2. The molecule has 0 heterocycles. The zero-order chi connectivity index (χ0) is 25.6. The van der Waals surface area contributed by atoms with E-state index in [9.17, 15) is 18.0 Å². The highest BCUT2D eigenvalue weighted by Crippen LogP contribution is 2.29. The van der Waals surface area contributed by atoms with Crippen molar-refractivity contribution in [3.63, 3.8) is 0 Å². The summed E-state index contributed by atoms with van der Waals surface area (Å²) in [6, 6.07) is 18.9. The molecule has 0 saturated carbocycles. The molecule has 0 saturated heterocycles. The molecule has 0 aliphatic carbocycles. The standard InChI is InChI=1S/C25H25Cl2N3O4S/c1-17(31)28-14-18-6-8-19(9-7-18)15-29-25(32)20-10-12-22(13-11-20)30(35(2,33)34)16-21-4-3-5-23(26)24(21)27/h3-13H,14-16H2,1-2H3,(H,28,31)(H,29,32). The van der Waals surface area contributed by atoms with Crippen LogP contribution in [0.2, 0.25) is 10.0 Å². The van der Waals surface area contributed by atoms with Crippen molar-refractivity contribution < 1.29 is 18.0 Å². The van der Waals surface area contributed by atoms with E-state index in [0.717, 1.165) is 17.4 Å². The Balaban J connectivity index is 1.66. The Bertz CT molecular complexity index is 1310. The van der Waals surface area contributed by atoms with Gasteiger partial charge in [-0.25, -0.2) is 8.42 Å². The first-order chi connectivity index (χ1) is 16.5. The number of amides is 2. The highest BCUT2D eigenvalue weighted by molar-refractivity contribution is 7.92. The molecule has 10 heteroatoms. The van der Waals surface area contributed by atoms with Crippen LogP contribution in [-0.4, -0.2) is 26.5 Å². The molecule has 2 N–H and O–H groups in total. The minimum absolute atomic E-state index is 0.00169. The zero-order valence-corrected chi connectivity index (χ0v) is 21.5. The second-order valence-electron chi connectivity index (χ2n) is 7.94. The molecule has 0 spiro atoms. The van der Waals surface area contributed by atoms with Gasteiger partial charge in [0.15, 0.2) is 0 Å². The first kappa shape index (κ1) is 26.5. The lowest BCUT2D eigenvalue weighted by molar-refractivity contribution is -0.119. The SMILES string of the molecule is CC(=O)NCc1ccc(CNC(=O)c2ccc(N(Cc3cccc(Cl)c3Cl)S(C)(=O)=O)cc2)cc1. The lowest BCUT2D eigenvalue weighted by Crippen LogP contribution is -2.29. The van der Waals surface area contributed by atoms with Gasteiger partial charge in [0.1, 0.15) is 0 Å². The second-order valence-corrected chi connectivity index (χ2v) is 10.6. The van der Waals surface area contributed by atoms with Gasteiger partial charge in [-0.15, -0.1) is 0 Å². The normalized spacial score (nSPS) is 11.1. The minimum Gasteiger partial charge on any atom is -0.352 e. The van der Waals surface area contributed by atoms with Crippen LogP contribution in [0.1, 0.15) is 34.0 Å². The van der Waals surface area contributed by atoms with Crippen LogP contribution in [0.25, 0.3) is 0 Å². The fourth-order valence-electron chi connectivity index (χ4n) is 3.29. The first-order valence-electron chi connectivity index (χ1n) is 10.7. The maximum absolute atomic E-state index is 12.6. The third-order valence-electron chi connectivity index (χ3n) is 5.18. The number of nitrogens with zero attached hydrogens (tertiary/aromatic N) is 1. The maximum atomic E-state index is 12.6. The van der Waals surface area contributed by atoms with E-state index in [1.54, 1.807) is 42.5 Å². The Morgan fingerprint density at radius 2 is 1.43 bits per heavy atom. The fraction of sp³-hybridized carbons (Fsp3) is 0.200. The number of anilines is 1. The summed E-state index contributed by atoms with van der Waals surface area (Å²) in [7, 11) is -3.63. The topological polar surface area (TPSA) is 95.6 Å². The van der Waals surface area contributed by atoms with Crippen molar-refractivity contribution in [2.45, 2.75) is 26.6 Å². The minimum atomic E-state index is -3.63. The van der Waals surface area contributed by atoms with E-state index in [1.807, 2.05) is 24.3 Å². The van der Waals surface area contributed by atoms with Crippen molar-refractivity contribution in [3.05, 3.63) is 99.0 Å². The number of halogens is 2. The Kier molecular flexibility index (Phi) is 8.77. The molecule has 0 aliphatic rings. The van der Waals surface area contributed by atoms with Crippen LogP contribution < -0.4 is 14.9 Å². The summed E-state index contributed by atoms with van der Waals surface area (Å²) in [5.74, 6) is -0.386. The molecular weight excluding hydrogens is 509 g/mol. The van der Waals surface area contributed by atoms with Gasteiger partial charge in [0.2, 0.25) is 15.9 Å². The third-order valence-corrected chi connectivity index (χ3v) is 7.18. The van der Waals surface area contributed by atoms with Gasteiger partial charge in [-0.1, -0.05) is 59.6 Å². The molecule has 0 bridgehead atoms. The molecular formula is C25H25Cl2N3O4S. The largest absolute Gasteiger partial charge is 0.352 e. The number of carbonyl (C=O) groups excluding carboxylic acids is 2. The predicted molar refractivity (Wildman–Crippen MR) is 139 cm³/mol. The third kappa shape index (κ3) is 7.45. The molecule has 0 fully saturated rings. The second kappa shape index (κ2) is 11.6. The van der Waals surface area contributed by atoms with E-state index < -0.39 is 10.0 Å². The number of hydrogen-bond acceptors (Lipinski definition) is 4. The predicted octanol–water partition coefficient (Wildman–Crippen LogP) is 4.53. The summed E-state index contributed by atoms with van der Waals surface area (Å²) >= 11 is 12.3. The number of rotatable bonds is 9. The summed E-state index contributed by atoms with van der Waals surface area (Å²) in [6.07, 6.45) is 1.10. The summed E-state index contributed by atoms with van der Waals surface area (Å²) in [5.41, 5.74) is 3.22. The molecule has 2 amide bonds. The lowest BCUT2D eigenvalue weighted by atomic mass is 10.1. The van der Waals surface area contributed by atoms with Crippen molar-refractivity contribution >= 4 is 50.7 Å². The van der Waals surface area contributed by atoms with E-state index in [1.165, 1.54) is 11.2 Å². The smallest absolute Gasteiger partial charge is 0.251 e. The van der Waals surface area contributed by atoms with Gasteiger partial charge in [-0.2, -0.15) is 0 Å². The first-order valence-corrected chi connectivity index (χ1v) is 13.3. The van der Waals surface area contributed by atoms with Crippen LogP contribution in [0.4, 0.5) is 5.69 Å². The van der Waals surface area contributed by atoms with Crippen molar-refractivity contribution in [3.8, 4) is 0 Å². The summed E-state index contributed by atoms with van der Waals surface area (Å²) in [5, 5.41) is 6.21. The molecule has 35 heavy (non-hydrogen) atoms. The van der Waals surface area contributed by atoms with Crippen LogP contribution in [0.3, 0.4) is 0 Å². The molecule has 0 aliphatic heterocycles. The molecule has 0 aromatic heterocycles. The van der Waals surface area contributed by atoms with Crippen LogP contribution in [0.5, 0.6) is 0 Å². The van der Waals surface area contributed by atoms with E-state index in [0.29, 0.717) is 39.9 Å². The summed E-state index contributed by atoms with van der Waals surface area (Å²) in [4.78, 5) is 23.6. The van der Waals surface area contributed by atoms with E-state index >= 15 is 0 Å². The molecule has 0 radical (unpaired) electrons. The van der Waals surface area contributed by atoms with Crippen molar-refractivity contribution in [1.29, 1.82) is 0 Å². The molecule has 184 valence electrons. The Morgan fingerprint density at radius 1 is 0.857 bits per heavy atom. The van der Waals surface area contributed by atoms with Gasteiger partial charge in [0, 0.05) is 25.6 Å². The van der Waals surface area contributed by atoms with Crippen molar-refractivity contribution in [2.75, 3.05) is 10.6 Å². The van der Waals surface area contributed by atoms with Crippen LogP contribution in [0.15, 0.2) is 66.7 Å². The lowest BCUT2D eigenvalue weighted by Gasteiger charge is -2.23. The highest BCUT2D eigenvalue weighted by Gasteiger charge is 2.20. The molecule has 7 nitrogen and oxygen atoms in total. The van der Waals surface area contributed by atoms with Gasteiger partial charge in [0.05, 0.1) is 28.5 Å². The van der Waals surface area contributed by atoms with Gasteiger partial charge in [0.25, 0.3) is 5.91 Å². The molecule has 3 aromatic rings. The van der Waals surface area contributed by atoms with Gasteiger partial charge in [-0.3, -0.25) is 13.9 Å². The zero-order valence-electron chi connectivity index (χ0n) is 19.2. The quantitative estimate of drug-likeness (QED) is 0.422. The van der Waals surface area contributed by atoms with Gasteiger partial charge < -0.3 is 10.6 Å². The Labute approximate surface area is 215 Å². The Hall–Kier alpha value is -3.07. The number of sulfonamides is 1. The van der Waals surface area contributed by atoms with E-state index in [4.69, 9.17) is 23.2 Å². The monoisotopic (exact) mass is 533 g/mol. The average Bonchev–Trinajstić information content (AvgIpc) is 2.82. The van der Waals surface area contributed by atoms with Crippen LogP contribution in [0, 0.1) is 0 Å². The van der Waals surface area contributed by atoms with Crippen LogP contribution >= 0.6 is 23.2 Å². The fourth-order valence-corrected chi connectivity index (χ4v) is 4.55. The number of nitrogens with one attached hydrogen (secondary N) is 2. The Morgan fingerprint density at radius 3 is 1.97 bits per heavy atom. The summed E-state index contributed by atoms with van der Waals surface area (Å²) in [6.45, 7) is 2.23. The van der Waals surface area contributed by atoms with Crippen molar-refractivity contribution in [1.82, 2.24) is 10.6 Å². The molecule has 3 aromatic carbocycles. The molecule has 0 atom stereocenters. The van der Waals surface area contributed by atoms with Crippen molar-refractivity contribution in [2.24, 2.45) is 0 Å². The average molecular weight is 534 g/mol. The van der Waals surface area contributed by atoms with Gasteiger partial charge in [-0.05, 0) is 47.0 Å². The molecule has 0 unspecified atom stereocenters. The van der Waals surface area contributed by atoms with Crippen LogP contribution in [-0.2, 0) is 34.5 Å². The van der Waals surface area contributed by atoms with Gasteiger partial charge >= 0.3 is 0 Å². The highest BCUT2D eigenvalue weighted by atomic mass is 35.5. The maximum Gasteiger partial charge on any atom is 0.251 e. The number of benzene rings is 3. The molecule has 3 rings (SSSR count). The summed E-state index contributed by atoms with van der Waals surface area (Å²) < 4.78 is 26.1. The number of hydrogen-bond donors (Lipinski definition) is 2. The van der Waals surface area contributed by atoms with E-state index in [2.05, 4.69) is 10.6 Å².